The lowest BCUT2D eigenvalue weighted by molar-refractivity contribution is 0.253. The summed E-state index contributed by atoms with van der Waals surface area (Å²) in [6.45, 7) is 6.22. The van der Waals surface area contributed by atoms with Crippen molar-refractivity contribution in [1.82, 2.24) is 19.7 Å². The van der Waals surface area contributed by atoms with E-state index in [0.717, 1.165) is 19.5 Å². The number of hydrogen-bond acceptors (Lipinski definition) is 4. The minimum absolute atomic E-state index is 0.0416. The van der Waals surface area contributed by atoms with Crippen molar-refractivity contribution in [2.45, 2.75) is 39.5 Å². The maximum absolute atomic E-state index is 8.97. The van der Waals surface area contributed by atoms with Gasteiger partial charge in [0.1, 0.15) is 12.9 Å². The largest absolute Gasteiger partial charge is 0.388 e. The van der Waals surface area contributed by atoms with Gasteiger partial charge >= 0.3 is 0 Å². The van der Waals surface area contributed by atoms with Crippen molar-refractivity contribution in [3.8, 4) is 0 Å². The summed E-state index contributed by atoms with van der Waals surface area (Å²) in [6, 6.07) is 0.572. The highest BCUT2D eigenvalue weighted by molar-refractivity contribution is 4.82. The number of hydrogen-bond donors (Lipinski definition) is 1. The van der Waals surface area contributed by atoms with Gasteiger partial charge < -0.3 is 14.6 Å². The highest BCUT2D eigenvalue weighted by Crippen LogP contribution is 2.00. The van der Waals surface area contributed by atoms with E-state index in [0.29, 0.717) is 11.9 Å². The van der Waals surface area contributed by atoms with Crippen LogP contribution in [0.5, 0.6) is 0 Å². The number of aliphatic hydroxyl groups excluding tert-OH is 1. The average molecular weight is 212 g/mol. The molecule has 5 nitrogen and oxygen atoms in total. The molecule has 0 radical (unpaired) electrons. The second kappa shape index (κ2) is 5.82. The third-order valence-electron chi connectivity index (χ3n) is 2.63. The molecule has 0 spiro atoms. The molecule has 15 heavy (non-hydrogen) atoms. The third kappa shape index (κ3) is 3.60. The fourth-order valence-corrected chi connectivity index (χ4v) is 1.34. The summed E-state index contributed by atoms with van der Waals surface area (Å²) >= 11 is 0. The summed E-state index contributed by atoms with van der Waals surface area (Å²) in [7, 11) is 2.11. The molecule has 0 bridgehead atoms. The predicted octanol–water partition coefficient (Wildman–Crippen LogP) is 0.501. The van der Waals surface area contributed by atoms with Crippen molar-refractivity contribution in [2.75, 3.05) is 13.6 Å². The van der Waals surface area contributed by atoms with Crippen LogP contribution in [0.4, 0.5) is 0 Å². The normalized spacial score (nSPS) is 11.6. The van der Waals surface area contributed by atoms with Crippen LogP contribution in [0, 0.1) is 0 Å². The molecule has 0 amide bonds. The lowest BCUT2D eigenvalue weighted by atomic mass is 10.3. The van der Waals surface area contributed by atoms with E-state index < -0.39 is 0 Å². The molecule has 0 aromatic carbocycles. The van der Waals surface area contributed by atoms with Gasteiger partial charge in [0.25, 0.3) is 0 Å². The first-order chi connectivity index (χ1) is 7.15. The Morgan fingerprint density at radius 1 is 1.53 bits per heavy atom. The van der Waals surface area contributed by atoms with E-state index in [1.54, 1.807) is 6.33 Å². The van der Waals surface area contributed by atoms with Crippen LogP contribution in [0.2, 0.25) is 0 Å². The maximum Gasteiger partial charge on any atom is 0.158 e. The summed E-state index contributed by atoms with van der Waals surface area (Å²) in [5.41, 5.74) is 0. The summed E-state index contributed by atoms with van der Waals surface area (Å²) < 4.78 is 1.90. The van der Waals surface area contributed by atoms with Crippen LogP contribution in [-0.4, -0.2) is 44.4 Å². The Morgan fingerprint density at radius 2 is 2.27 bits per heavy atom. The van der Waals surface area contributed by atoms with Gasteiger partial charge in [0, 0.05) is 12.6 Å². The zero-order valence-corrected chi connectivity index (χ0v) is 9.72. The molecule has 0 saturated heterocycles. The Bertz CT molecular complexity index is 285. The Morgan fingerprint density at radius 3 is 2.87 bits per heavy atom. The minimum atomic E-state index is -0.0416. The highest BCUT2D eigenvalue weighted by Gasteiger charge is 2.04. The first-order valence-corrected chi connectivity index (χ1v) is 5.33. The van der Waals surface area contributed by atoms with E-state index in [1.165, 1.54) is 0 Å². The van der Waals surface area contributed by atoms with Gasteiger partial charge in [-0.25, -0.2) is 0 Å². The fraction of sp³-hybridized carbons (Fsp3) is 0.800. The zero-order chi connectivity index (χ0) is 11.3. The van der Waals surface area contributed by atoms with Gasteiger partial charge in [-0.05, 0) is 33.9 Å². The van der Waals surface area contributed by atoms with E-state index >= 15 is 0 Å². The van der Waals surface area contributed by atoms with Crippen LogP contribution in [0.1, 0.15) is 26.1 Å². The molecule has 86 valence electrons. The van der Waals surface area contributed by atoms with Crippen molar-refractivity contribution < 1.29 is 5.11 Å². The van der Waals surface area contributed by atoms with Crippen LogP contribution in [0.3, 0.4) is 0 Å². The van der Waals surface area contributed by atoms with Crippen molar-refractivity contribution in [2.24, 2.45) is 0 Å². The minimum Gasteiger partial charge on any atom is -0.388 e. The monoisotopic (exact) mass is 212 g/mol. The molecule has 0 aliphatic heterocycles. The molecule has 5 heteroatoms. The van der Waals surface area contributed by atoms with Gasteiger partial charge in [-0.15, -0.1) is 10.2 Å². The third-order valence-corrected chi connectivity index (χ3v) is 2.63. The average Bonchev–Trinajstić information content (AvgIpc) is 2.65. The molecule has 0 atom stereocenters. The van der Waals surface area contributed by atoms with E-state index in [4.69, 9.17) is 5.11 Å². The first-order valence-electron chi connectivity index (χ1n) is 5.33. The molecule has 1 aromatic rings. The van der Waals surface area contributed by atoms with Crippen molar-refractivity contribution in [3.63, 3.8) is 0 Å². The van der Waals surface area contributed by atoms with Gasteiger partial charge in [0.05, 0.1) is 0 Å². The fourth-order valence-electron chi connectivity index (χ4n) is 1.34. The molecule has 0 aliphatic carbocycles. The van der Waals surface area contributed by atoms with Crippen molar-refractivity contribution in [3.05, 3.63) is 12.2 Å². The second-order valence-electron chi connectivity index (χ2n) is 4.03. The molecule has 0 aliphatic rings. The first kappa shape index (κ1) is 12.1. The smallest absolute Gasteiger partial charge is 0.158 e. The van der Waals surface area contributed by atoms with Gasteiger partial charge in [0.2, 0.25) is 0 Å². The van der Waals surface area contributed by atoms with E-state index in [1.807, 2.05) is 4.57 Å². The Labute approximate surface area is 90.7 Å². The van der Waals surface area contributed by atoms with Crippen LogP contribution in [0.15, 0.2) is 6.33 Å². The van der Waals surface area contributed by atoms with Crippen LogP contribution in [-0.2, 0) is 13.2 Å². The van der Waals surface area contributed by atoms with Crippen molar-refractivity contribution >= 4 is 0 Å². The van der Waals surface area contributed by atoms with E-state index in [-0.39, 0.29) is 6.61 Å². The number of aryl methyl sites for hydroxylation is 1. The van der Waals surface area contributed by atoms with E-state index in [9.17, 15) is 0 Å². The molecular weight excluding hydrogens is 192 g/mol. The Balaban J connectivity index is 2.31. The quantitative estimate of drug-likeness (QED) is 0.746. The second-order valence-corrected chi connectivity index (χ2v) is 4.03. The van der Waals surface area contributed by atoms with Gasteiger partial charge in [-0.2, -0.15) is 0 Å². The molecule has 1 rings (SSSR count). The molecule has 0 saturated carbocycles. The predicted molar refractivity (Wildman–Crippen MR) is 58.3 cm³/mol. The zero-order valence-electron chi connectivity index (χ0n) is 9.72. The highest BCUT2D eigenvalue weighted by atomic mass is 16.3. The summed E-state index contributed by atoms with van der Waals surface area (Å²) in [4.78, 5) is 2.29. The lowest BCUT2D eigenvalue weighted by Crippen LogP contribution is -2.28. The van der Waals surface area contributed by atoms with Crippen LogP contribution >= 0.6 is 0 Å². The number of aliphatic hydroxyl groups is 1. The maximum atomic E-state index is 8.97. The Hall–Kier alpha value is -0.940. The van der Waals surface area contributed by atoms with Gasteiger partial charge in [0.15, 0.2) is 5.82 Å². The van der Waals surface area contributed by atoms with Crippen LogP contribution in [0.25, 0.3) is 0 Å². The topological polar surface area (TPSA) is 54.2 Å². The standard InChI is InChI=1S/C10H20N4O/c1-9(2)13(3)5-4-6-14-8-11-12-10(14)7-15/h8-9,15H,4-7H2,1-3H3. The molecule has 1 N–H and O–H groups in total. The molecular formula is C10H20N4O. The molecule has 1 aromatic heterocycles. The lowest BCUT2D eigenvalue weighted by Gasteiger charge is -2.20. The summed E-state index contributed by atoms with van der Waals surface area (Å²) in [5, 5.41) is 16.6. The summed E-state index contributed by atoms with van der Waals surface area (Å²) in [6.07, 6.45) is 2.71. The number of aromatic nitrogens is 3. The SMILES string of the molecule is CC(C)N(C)CCCn1cnnc1CO. The van der Waals surface area contributed by atoms with Gasteiger partial charge in [-0.1, -0.05) is 0 Å². The molecule has 1 heterocycles. The van der Waals surface area contributed by atoms with Crippen LogP contribution < -0.4 is 0 Å². The Kier molecular flexibility index (Phi) is 4.71. The van der Waals surface area contributed by atoms with Crippen molar-refractivity contribution in [1.29, 1.82) is 0 Å². The molecule has 0 fully saturated rings. The number of rotatable bonds is 6. The molecule has 0 unspecified atom stereocenters. The number of nitrogens with zero attached hydrogens (tertiary/aromatic N) is 4. The van der Waals surface area contributed by atoms with E-state index in [2.05, 4.69) is 36.0 Å². The van der Waals surface area contributed by atoms with Gasteiger partial charge in [-0.3, -0.25) is 0 Å². The summed E-state index contributed by atoms with van der Waals surface area (Å²) in [5.74, 6) is 0.641.